The number of aliphatic imine (C=N–C) groups is 1. The molecular formula is C23H28N6O. The number of para-hydroxylation sites is 1. The molecule has 1 unspecified atom stereocenters. The maximum absolute atomic E-state index is 6.48. The van der Waals surface area contributed by atoms with Gasteiger partial charge in [0.25, 0.3) is 0 Å². The number of hydrogen-bond acceptors (Lipinski definition) is 4. The quantitative estimate of drug-likeness (QED) is 0.516. The Kier molecular flexibility index (Phi) is 5.02. The molecule has 1 aliphatic heterocycles. The fourth-order valence-electron chi connectivity index (χ4n) is 4.79. The molecule has 1 fully saturated rings. The van der Waals surface area contributed by atoms with Crippen LogP contribution in [0.5, 0.6) is 5.75 Å². The largest absolute Gasteiger partial charge is 0.487 e. The Bertz CT molecular complexity index is 1050. The summed E-state index contributed by atoms with van der Waals surface area (Å²) in [7, 11) is 1.82. The Morgan fingerprint density at radius 2 is 2.00 bits per heavy atom. The SMILES string of the molecule is CN=C(NCCc1nnc2ccccn12)NC1CC2(CCCC2)Oc2ccccc21. The molecule has 0 saturated heterocycles. The number of pyridine rings is 1. The van der Waals surface area contributed by atoms with E-state index in [1.807, 2.05) is 35.8 Å². The Morgan fingerprint density at radius 1 is 1.17 bits per heavy atom. The summed E-state index contributed by atoms with van der Waals surface area (Å²) in [5.41, 5.74) is 2.04. The molecule has 0 radical (unpaired) electrons. The predicted molar refractivity (Wildman–Crippen MR) is 117 cm³/mol. The molecule has 1 atom stereocenters. The second-order valence-corrected chi connectivity index (χ2v) is 8.23. The maximum Gasteiger partial charge on any atom is 0.191 e. The van der Waals surface area contributed by atoms with Crippen LogP contribution >= 0.6 is 0 Å². The van der Waals surface area contributed by atoms with Crippen LogP contribution in [-0.2, 0) is 6.42 Å². The lowest BCUT2D eigenvalue weighted by molar-refractivity contribution is 0.0396. The van der Waals surface area contributed by atoms with Crippen molar-refractivity contribution in [3.05, 3.63) is 60.0 Å². The zero-order valence-corrected chi connectivity index (χ0v) is 17.3. The molecule has 5 rings (SSSR count). The standard InChI is InChI=1S/C23H28N6O/c1-24-22(25-14-11-21-28-27-20-10-4-7-15-29(20)21)26-18-16-23(12-5-6-13-23)30-19-9-3-2-8-17(18)19/h2-4,7-10,15,18H,5-6,11-14,16H2,1H3,(H2,24,25,26). The van der Waals surface area contributed by atoms with Gasteiger partial charge in [0, 0.05) is 38.2 Å². The summed E-state index contributed by atoms with van der Waals surface area (Å²) in [5.74, 6) is 2.75. The van der Waals surface area contributed by atoms with Gasteiger partial charge >= 0.3 is 0 Å². The van der Waals surface area contributed by atoms with Crippen molar-refractivity contribution >= 4 is 11.6 Å². The van der Waals surface area contributed by atoms with Crippen molar-refractivity contribution in [2.75, 3.05) is 13.6 Å². The number of aromatic nitrogens is 3. The molecule has 2 N–H and O–H groups in total. The molecule has 1 aliphatic carbocycles. The van der Waals surface area contributed by atoms with Crippen molar-refractivity contribution < 1.29 is 4.74 Å². The van der Waals surface area contributed by atoms with Crippen molar-refractivity contribution in [2.24, 2.45) is 4.99 Å². The van der Waals surface area contributed by atoms with Gasteiger partial charge < -0.3 is 15.4 Å². The molecule has 3 aromatic rings. The van der Waals surface area contributed by atoms with E-state index in [1.54, 1.807) is 0 Å². The molecule has 1 spiro atoms. The van der Waals surface area contributed by atoms with E-state index >= 15 is 0 Å². The fourth-order valence-corrected chi connectivity index (χ4v) is 4.79. The highest BCUT2D eigenvalue weighted by Crippen LogP contribution is 2.46. The molecule has 1 saturated carbocycles. The van der Waals surface area contributed by atoms with Crippen LogP contribution in [0.25, 0.3) is 5.65 Å². The van der Waals surface area contributed by atoms with E-state index in [0.29, 0.717) is 0 Å². The lowest BCUT2D eigenvalue weighted by atomic mass is 9.86. The van der Waals surface area contributed by atoms with E-state index in [1.165, 1.54) is 18.4 Å². The minimum Gasteiger partial charge on any atom is -0.487 e. The first-order chi connectivity index (χ1) is 14.8. The number of ether oxygens (including phenoxy) is 1. The van der Waals surface area contributed by atoms with Crippen LogP contribution in [0.4, 0.5) is 0 Å². The van der Waals surface area contributed by atoms with Crippen LogP contribution in [0, 0.1) is 0 Å². The van der Waals surface area contributed by atoms with Crippen LogP contribution in [0.1, 0.15) is 49.5 Å². The topological polar surface area (TPSA) is 75.8 Å². The van der Waals surface area contributed by atoms with Gasteiger partial charge in [-0.25, -0.2) is 0 Å². The van der Waals surface area contributed by atoms with Crippen molar-refractivity contribution in [2.45, 2.75) is 50.2 Å². The van der Waals surface area contributed by atoms with E-state index in [9.17, 15) is 0 Å². The molecule has 7 heteroatoms. The number of benzene rings is 1. The Hall–Kier alpha value is -3.09. The van der Waals surface area contributed by atoms with Crippen LogP contribution < -0.4 is 15.4 Å². The third kappa shape index (κ3) is 3.60. The van der Waals surface area contributed by atoms with Gasteiger partial charge in [-0.15, -0.1) is 10.2 Å². The molecular weight excluding hydrogens is 376 g/mol. The predicted octanol–water partition coefficient (Wildman–Crippen LogP) is 3.27. The molecule has 3 heterocycles. The number of hydrogen-bond donors (Lipinski definition) is 2. The molecule has 0 amide bonds. The summed E-state index contributed by atoms with van der Waals surface area (Å²) in [6, 6.07) is 14.5. The van der Waals surface area contributed by atoms with Crippen molar-refractivity contribution in [3.8, 4) is 5.75 Å². The van der Waals surface area contributed by atoms with Gasteiger partial charge in [-0.1, -0.05) is 24.3 Å². The Labute approximate surface area is 176 Å². The Balaban J connectivity index is 1.26. The minimum atomic E-state index is -0.0364. The first-order valence-corrected chi connectivity index (χ1v) is 10.8. The maximum atomic E-state index is 6.48. The van der Waals surface area contributed by atoms with Gasteiger partial charge in [0.05, 0.1) is 6.04 Å². The summed E-state index contributed by atoms with van der Waals surface area (Å²) in [5, 5.41) is 15.6. The van der Waals surface area contributed by atoms with Crippen LogP contribution in [-0.4, -0.2) is 39.8 Å². The van der Waals surface area contributed by atoms with Gasteiger partial charge in [0.2, 0.25) is 0 Å². The summed E-state index contributed by atoms with van der Waals surface area (Å²) in [6.45, 7) is 0.728. The zero-order chi connectivity index (χ0) is 20.4. The average molecular weight is 405 g/mol. The van der Waals surface area contributed by atoms with Crippen LogP contribution in [0.3, 0.4) is 0 Å². The summed E-state index contributed by atoms with van der Waals surface area (Å²) >= 11 is 0. The molecule has 7 nitrogen and oxygen atoms in total. The lowest BCUT2D eigenvalue weighted by Gasteiger charge is -2.40. The zero-order valence-electron chi connectivity index (χ0n) is 17.3. The first-order valence-electron chi connectivity index (χ1n) is 10.8. The monoisotopic (exact) mass is 404 g/mol. The van der Waals surface area contributed by atoms with Crippen molar-refractivity contribution in [1.29, 1.82) is 0 Å². The van der Waals surface area contributed by atoms with Crippen LogP contribution in [0.15, 0.2) is 53.7 Å². The van der Waals surface area contributed by atoms with Crippen LogP contribution in [0.2, 0.25) is 0 Å². The van der Waals surface area contributed by atoms with Gasteiger partial charge in [0.15, 0.2) is 11.6 Å². The van der Waals surface area contributed by atoms with Gasteiger partial charge in [-0.3, -0.25) is 9.39 Å². The third-order valence-corrected chi connectivity index (χ3v) is 6.27. The number of rotatable bonds is 4. The van der Waals surface area contributed by atoms with E-state index in [2.05, 4.69) is 50.1 Å². The molecule has 2 aromatic heterocycles. The third-order valence-electron chi connectivity index (χ3n) is 6.27. The fraction of sp³-hybridized carbons (Fsp3) is 0.435. The van der Waals surface area contributed by atoms with Crippen molar-refractivity contribution in [1.82, 2.24) is 25.2 Å². The van der Waals surface area contributed by atoms with E-state index in [0.717, 1.165) is 55.4 Å². The molecule has 0 bridgehead atoms. The van der Waals surface area contributed by atoms with E-state index in [4.69, 9.17) is 4.74 Å². The number of guanidine groups is 1. The summed E-state index contributed by atoms with van der Waals surface area (Å²) in [4.78, 5) is 4.46. The molecule has 2 aliphatic rings. The number of nitrogens with one attached hydrogen (secondary N) is 2. The van der Waals surface area contributed by atoms with Crippen molar-refractivity contribution in [3.63, 3.8) is 0 Å². The first kappa shape index (κ1) is 18.9. The summed E-state index contributed by atoms with van der Waals surface area (Å²) < 4.78 is 8.50. The average Bonchev–Trinajstić information content (AvgIpc) is 3.40. The Morgan fingerprint density at radius 3 is 2.87 bits per heavy atom. The van der Waals surface area contributed by atoms with Gasteiger partial charge in [-0.2, -0.15) is 0 Å². The molecule has 30 heavy (non-hydrogen) atoms. The van der Waals surface area contributed by atoms with E-state index in [-0.39, 0.29) is 11.6 Å². The highest BCUT2D eigenvalue weighted by Gasteiger charge is 2.43. The smallest absolute Gasteiger partial charge is 0.191 e. The number of nitrogens with zero attached hydrogens (tertiary/aromatic N) is 4. The lowest BCUT2D eigenvalue weighted by Crippen LogP contribution is -2.47. The highest BCUT2D eigenvalue weighted by atomic mass is 16.5. The molecule has 156 valence electrons. The van der Waals surface area contributed by atoms with Gasteiger partial charge in [-0.05, 0) is 43.9 Å². The second kappa shape index (κ2) is 7.97. The van der Waals surface area contributed by atoms with E-state index < -0.39 is 0 Å². The van der Waals surface area contributed by atoms with Gasteiger partial charge in [0.1, 0.15) is 17.2 Å². The highest BCUT2D eigenvalue weighted by molar-refractivity contribution is 5.80. The minimum absolute atomic E-state index is 0.0364. The normalized spacial score (nSPS) is 20.2. The molecule has 1 aromatic carbocycles. The number of fused-ring (bicyclic) bond motifs is 2. The summed E-state index contributed by atoms with van der Waals surface area (Å²) in [6.07, 6.45) is 8.48. The second-order valence-electron chi connectivity index (χ2n) is 8.23.